The highest BCUT2D eigenvalue weighted by Crippen LogP contribution is 2.17. The van der Waals surface area contributed by atoms with E-state index in [1.165, 1.54) is 23.9 Å². The molecule has 0 saturated carbocycles. The van der Waals surface area contributed by atoms with Crippen molar-refractivity contribution >= 4 is 23.6 Å². The zero-order chi connectivity index (χ0) is 12.1. The Morgan fingerprint density at radius 1 is 1.41 bits per heavy atom. The van der Waals surface area contributed by atoms with Crippen LogP contribution in [0.3, 0.4) is 0 Å². The summed E-state index contributed by atoms with van der Waals surface area (Å²) >= 11 is 1.34. The van der Waals surface area contributed by atoms with E-state index in [4.69, 9.17) is 0 Å². The smallest absolute Gasteiger partial charge is 0.237 e. The van der Waals surface area contributed by atoms with Gasteiger partial charge in [0.2, 0.25) is 11.9 Å². The molecule has 0 aliphatic heterocycles. The minimum absolute atomic E-state index is 0.158. The average Bonchev–Trinajstić information content (AvgIpc) is 2.81. The first-order chi connectivity index (χ1) is 8.24. The largest absolute Gasteiger partial charge is 0.331 e. The Bertz CT molecular complexity index is 484. The molecule has 0 spiro atoms. The number of halogens is 1. The van der Waals surface area contributed by atoms with Gasteiger partial charge in [0.05, 0.1) is 5.75 Å². The molecule has 1 amide bonds. The molecule has 1 heterocycles. The van der Waals surface area contributed by atoms with E-state index in [9.17, 15) is 9.18 Å². The van der Waals surface area contributed by atoms with Crippen molar-refractivity contribution in [2.45, 2.75) is 4.90 Å². The Kier molecular flexibility index (Phi) is 3.77. The highest BCUT2D eigenvalue weighted by atomic mass is 32.2. The molecule has 0 saturated heterocycles. The van der Waals surface area contributed by atoms with Crippen LogP contribution in [-0.2, 0) is 4.79 Å². The molecule has 17 heavy (non-hydrogen) atoms. The number of rotatable bonds is 4. The third-order valence-corrected chi connectivity index (χ3v) is 2.95. The normalized spacial score (nSPS) is 10.2. The van der Waals surface area contributed by atoms with Gasteiger partial charge in [0.1, 0.15) is 5.82 Å². The first kappa shape index (κ1) is 11.7. The van der Waals surface area contributed by atoms with E-state index in [-0.39, 0.29) is 17.5 Å². The van der Waals surface area contributed by atoms with Crippen LogP contribution < -0.4 is 5.32 Å². The molecule has 2 aromatic rings. The predicted molar refractivity (Wildman–Crippen MR) is 64.3 cm³/mol. The Balaban J connectivity index is 1.82. The number of hydrogen-bond donors (Lipinski definition) is 2. The average molecular weight is 251 g/mol. The monoisotopic (exact) mass is 251 g/mol. The molecular weight excluding hydrogens is 241 g/mol. The van der Waals surface area contributed by atoms with Crippen molar-refractivity contribution in [1.82, 2.24) is 9.97 Å². The lowest BCUT2D eigenvalue weighted by atomic mass is 10.4. The number of carbonyl (C=O) groups excluding carboxylic acids is 1. The quantitative estimate of drug-likeness (QED) is 0.820. The first-order valence-electron chi connectivity index (χ1n) is 4.91. The van der Waals surface area contributed by atoms with E-state index in [0.717, 1.165) is 4.90 Å². The molecule has 0 aliphatic carbocycles. The van der Waals surface area contributed by atoms with Crippen molar-refractivity contribution in [2.75, 3.05) is 11.1 Å². The molecule has 1 aromatic heterocycles. The fourth-order valence-corrected chi connectivity index (χ4v) is 1.88. The molecule has 0 aliphatic rings. The summed E-state index contributed by atoms with van der Waals surface area (Å²) in [5.74, 6) is 0.241. The summed E-state index contributed by atoms with van der Waals surface area (Å²) in [5, 5.41) is 2.60. The van der Waals surface area contributed by atoms with Crippen LogP contribution in [0.5, 0.6) is 0 Å². The summed E-state index contributed by atoms with van der Waals surface area (Å²) in [4.78, 5) is 19.0. The highest BCUT2D eigenvalue weighted by molar-refractivity contribution is 8.00. The van der Waals surface area contributed by atoms with Crippen molar-refractivity contribution in [1.29, 1.82) is 0 Å². The van der Waals surface area contributed by atoms with E-state index in [1.807, 2.05) is 0 Å². The summed E-state index contributed by atoms with van der Waals surface area (Å²) in [5.41, 5.74) is 0. The lowest BCUT2D eigenvalue weighted by Gasteiger charge is -2.02. The van der Waals surface area contributed by atoms with Gasteiger partial charge in [0.25, 0.3) is 0 Å². The molecule has 88 valence electrons. The molecule has 0 unspecified atom stereocenters. The van der Waals surface area contributed by atoms with Crippen molar-refractivity contribution in [3.63, 3.8) is 0 Å². The summed E-state index contributed by atoms with van der Waals surface area (Å²) in [6.07, 6.45) is 3.19. The summed E-state index contributed by atoms with van der Waals surface area (Å²) in [6, 6.07) is 6.01. The van der Waals surface area contributed by atoms with Crippen LogP contribution in [0.4, 0.5) is 10.3 Å². The van der Waals surface area contributed by atoms with Crippen LogP contribution in [0, 0.1) is 5.82 Å². The minimum Gasteiger partial charge on any atom is -0.331 e. The number of aromatic nitrogens is 2. The van der Waals surface area contributed by atoms with Gasteiger partial charge in [-0.3, -0.25) is 10.1 Å². The van der Waals surface area contributed by atoms with E-state index < -0.39 is 0 Å². The number of benzene rings is 1. The molecule has 4 nitrogen and oxygen atoms in total. The topological polar surface area (TPSA) is 57.8 Å². The molecular formula is C11H10FN3OS. The van der Waals surface area contributed by atoms with Gasteiger partial charge in [0.15, 0.2) is 0 Å². The second kappa shape index (κ2) is 5.49. The zero-order valence-corrected chi connectivity index (χ0v) is 9.63. The lowest BCUT2D eigenvalue weighted by molar-refractivity contribution is -0.113. The van der Waals surface area contributed by atoms with E-state index in [0.29, 0.717) is 5.95 Å². The van der Waals surface area contributed by atoms with Gasteiger partial charge in [-0.1, -0.05) is 0 Å². The fraction of sp³-hybridized carbons (Fsp3) is 0.0909. The number of H-pyrrole nitrogens is 1. The third kappa shape index (κ3) is 3.60. The number of anilines is 1. The second-order valence-electron chi connectivity index (χ2n) is 3.23. The summed E-state index contributed by atoms with van der Waals surface area (Å²) in [6.45, 7) is 0. The van der Waals surface area contributed by atoms with Crippen LogP contribution in [0.15, 0.2) is 41.6 Å². The fourth-order valence-electron chi connectivity index (χ4n) is 1.18. The molecule has 6 heteroatoms. The molecule has 0 fully saturated rings. The number of amides is 1. The van der Waals surface area contributed by atoms with E-state index in [2.05, 4.69) is 15.3 Å². The van der Waals surface area contributed by atoms with Crippen molar-refractivity contribution in [2.24, 2.45) is 0 Å². The maximum atomic E-state index is 12.6. The van der Waals surface area contributed by atoms with Crippen LogP contribution >= 0.6 is 11.8 Å². The number of carbonyl (C=O) groups is 1. The maximum Gasteiger partial charge on any atom is 0.237 e. The van der Waals surface area contributed by atoms with Crippen LogP contribution in [0.1, 0.15) is 0 Å². The minimum atomic E-state index is -0.283. The SMILES string of the molecule is O=C(CSc1ccc(F)cc1)Nc1ncc[nH]1. The Labute approximate surface area is 102 Å². The third-order valence-electron chi connectivity index (χ3n) is 1.94. The Morgan fingerprint density at radius 3 is 2.82 bits per heavy atom. The molecule has 0 radical (unpaired) electrons. The summed E-state index contributed by atoms with van der Waals surface area (Å²) < 4.78 is 12.6. The first-order valence-corrected chi connectivity index (χ1v) is 5.90. The number of thioether (sulfide) groups is 1. The molecule has 0 atom stereocenters. The number of nitrogens with zero attached hydrogens (tertiary/aromatic N) is 1. The second-order valence-corrected chi connectivity index (χ2v) is 4.28. The Morgan fingerprint density at radius 2 is 2.18 bits per heavy atom. The Hall–Kier alpha value is -1.82. The molecule has 0 bridgehead atoms. The van der Waals surface area contributed by atoms with Gasteiger partial charge in [-0.2, -0.15) is 0 Å². The van der Waals surface area contributed by atoms with E-state index in [1.54, 1.807) is 24.5 Å². The van der Waals surface area contributed by atoms with Gasteiger partial charge < -0.3 is 4.98 Å². The van der Waals surface area contributed by atoms with Gasteiger partial charge in [-0.25, -0.2) is 9.37 Å². The zero-order valence-electron chi connectivity index (χ0n) is 8.81. The van der Waals surface area contributed by atoms with Crippen molar-refractivity contribution in [3.05, 3.63) is 42.5 Å². The lowest BCUT2D eigenvalue weighted by Crippen LogP contribution is -2.14. The molecule has 2 N–H and O–H groups in total. The van der Waals surface area contributed by atoms with Gasteiger partial charge >= 0.3 is 0 Å². The maximum absolute atomic E-state index is 12.6. The molecule has 2 rings (SSSR count). The standard InChI is InChI=1S/C11H10FN3OS/c12-8-1-3-9(4-2-8)17-7-10(16)15-11-13-5-6-14-11/h1-6H,7H2,(H2,13,14,15,16). The van der Waals surface area contributed by atoms with Crippen LogP contribution in [0.2, 0.25) is 0 Å². The van der Waals surface area contributed by atoms with Gasteiger partial charge in [-0.15, -0.1) is 11.8 Å². The van der Waals surface area contributed by atoms with Gasteiger partial charge in [-0.05, 0) is 24.3 Å². The van der Waals surface area contributed by atoms with Crippen LogP contribution in [-0.4, -0.2) is 21.6 Å². The molecule has 1 aromatic carbocycles. The van der Waals surface area contributed by atoms with Crippen LogP contribution in [0.25, 0.3) is 0 Å². The van der Waals surface area contributed by atoms with Gasteiger partial charge in [0, 0.05) is 17.3 Å². The number of hydrogen-bond acceptors (Lipinski definition) is 3. The van der Waals surface area contributed by atoms with Crippen molar-refractivity contribution < 1.29 is 9.18 Å². The number of aromatic amines is 1. The number of nitrogens with one attached hydrogen (secondary N) is 2. The summed E-state index contributed by atoms with van der Waals surface area (Å²) in [7, 11) is 0. The van der Waals surface area contributed by atoms with Crippen molar-refractivity contribution in [3.8, 4) is 0 Å². The predicted octanol–water partition coefficient (Wildman–Crippen LogP) is 2.28. The van der Waals surface area contributed by atoms with E-state index >= 15 is 0 Å². The highest BCUT2D eigenvalue weighted by Gasteiger charge is 2.04. The number of imidazole rings is 1.